The summed E-state index contributed by atoms with van der Waals surface area (Å²) in [5.41, 5.74) is 0.0858. The SMILES string of the molecule is Cc1c(NC(=O)OCC(F)(F)F)cccc1S(N)(=O)=O. The maximum Gasteiger partial charge on any atom is 0.422 e. The van der Waals surface area contributed by atoms with Crippen LogP contribution in [0.4, 0.5) is 23.7 Å². The van der Waals surface area contributed by atoms with Gasteiger partial charge in [-0.2, -0.15) is 13.2 Å². The fourth-order valence-electron chi connectivity index (χ4n) is 1.35. The van der Waals surface area contributed by atoms with Crippen LogP contribution in [0.3, 0.4) is 0 Å². The lowest BCUT2D eigenvalue weighted by molar-refractivity contribution is -0.159. The molecule has 0 aromatic heterocycles. The van der Waals surface area contributed by atoms with Gasteiger partial charge >= 0.3 is 12.3 Å². The summed E-state index contributed by atoms with van der Waals surface area (Å²) < 4.78 is 62.0. The molecule has 1 aromatic rings. The largest absolute Gasteiger partial charge is 0.440 e. The Kier molecular flexibility index (Phi) is 4.61. The fourth-order valence-corrected chi connectivity index (χ4v) is 2.16. The number of hydrogen-bond donors (Lipinski definition) is 2. The van der Waals surface area contributed by atoms with Gasteiger partial charge < -0.3 is 4.74 Å². The van der Waals surface area contributed by atoms with Gasteiger partial charge in [0.2, 0.25) is 10.0 Å². The number of sulfonamides is 1. The molecule has 0 spiro atoms. The lowest BCUT2D eigenvalue weighted by atomic mass is 10.2. The molecule has 0 bridgehead atoms. The van der Waals surface area contributed by atoms with E-state index in [1.807, 2.05) is 5.32 Å². The number of carbonyl (C=O) groups is 1. The van der Waals surface area contributed by atoms with Crippen molar-refractivity contribution < 1.29 is 31.1 Å². The minimum Gasteiger partial charge on any atom is -0.440 e. The Morgan fingerprint density at radius 1 is 1.40 bits per heavy atom. The molecule has 0 heterocycles. The average Bonchev–Trinajstić information content (AvgIpc) is 2.27. The van der Waals surface area contributed by atoms with Gasteiger partial charge in [-0.25, -0.2) is 18.4 Å². The molecule has 0 fully saturated rings. The van der Waals surface area contributed by atoms with Crippen molar-refractivity contribution in [2.24, 2.45) is 5.14 Å². The van der Waals surface area contributed by atoms with E-state index in [1.54, 1.807) is 0 Å². The summed E-state index contributed by atoms with van der Waals surface area (Å²) in [5.74, 6) is 0. The van der Waals surface area contributed by atoms with Crippen molar-refractivity contribution >= 4 is 21.8 Å². The van der Waals surface area contributed by atoms with Crippen molar-refractivity contribution in [3.63, 3.8) is 0 Å². The van der Waals surface area contributed by atoms with E-state index in [4.69, 9.17) is 5.14 Å². The maximum atomic E-state index is 11.9. The van der Waals surface area contributed by atoms with Crippen molar-refractivity contribution in [1.82, 2.24) is 0 Å². The Bertz CT molecular complexity index is 613. The molecular formula is C10H11F3N2O4S. The normalized spacial score (nSPS) is 12.1. The Balaban J connectivity index is 2.87. The first kappa shape index (κ1) is 16.2. The molecule has 0 atom stereocenters. The first-order valence-corrected chi connectivity index (χ1v) is 6.68. The molecule has 20 heavy (non-hydrogen) atoms. The van der Waals surface area contributed by atoms with Crippen LogP contribution >= 0.6 is 0 Å². The first-order chi connectivity index (χ1) is 9.00. The molecule has 0 saturated carbocycles. The van der Waals surface area contributed by atoms with Gasteiger partial charge in [0.05, 0.1) is 4.90 Å². The van der Waals surface area contributed by atoms with Gasteiger partial charge in [0.15, 0.2) is 6.61 Å². The van der Waals surface area contributed by atoms with Crippen LogP contribution in [-0.4, -0.2) is 27.3 Å². The van der Waals surface area contributed by atoms with Crippen LogP contribution in [0.1, 0.15) is 5.56 Å². The summed E-state index contributed by atoms with van der Waals surface area (Å²) in [5, 5.41) is 6.97. The zero-order valence-corrected chi connectivity index (χ0v) is 11.0. The summed E-state index contributed by atoms with van der Waals surface area (Å²) in [7, 11) is -4.00. The van der Waals surface area contributed by atoms with Crippen LogP contribution in [-0.2, 0) is 14.8 Å². The summed E-state index contributed by atoms with van der Waals surface area (Å²) in [6.07, 6.45) is -5.99. The van der Waals surface area contributed by atoms with Crippen LogP contribution < -0.4 is 10.5 Å². The number of benzene rings is 1. The summed E-state index contributed by atoms with van der Waals surface area (Å²) >= 11 is 0. The number of amides is 1. The number of halogens is 3. The number of primary sulfonamides is 1. The van der Waals surface area contributed by atoms with E-state index in [2.05, 4.69) is 4.74 Å². The predicted octanol–water partition coefficient (Wildman–Crippen LogP) is 1.75. The summed E-state index contributed by atoms with van der Waals surface area (Å²) in [6, 6.07) is 3.79. The van der Waals surface area contributed by atoms with E-state index >= 15 is 0 Å². The smallest absolute Gasteiger partial charge is 0.422 e. The quantitative estimate of drug-likeness (QED) is 0.888. The van der Waals surface area contributed by atoms with E-state index in [-0.39, 0.29) is 16.1 Å². The fraction of sp³-hybridized carbons (Fsp3) is 0.300. The van der Waals surface area contributed by atoms with Gasteiger partial charge in [-0.05, 0) is 24.6 Å². The topological polar surface area (TPSA) is 98.5 Å². The summed E-state index contributed by atoms with van der Waals surface area (Å²) in [6.45, 7) is -0.397. The average molecular weight is 312 g/mol. The second-order valence-electron chi connectivity index (χ2n) is 3.79. The van der Waals surface area contributed by atoms with Gasteiger partial charge in [0, 0.05) is 5.69 Å². The number of ether oxygens (including phenoxy) is 1. The standard InChI is InChI=1S/C10H11F3N2O4S/c1-6-7(3-2-4-8(6)20(14,17)18)15-9(16)19-5-10(11,12)13/h2-4H,5H2,1H3,(H,15,16)(H2,14,17,18). The lowest BCUT2D eigenvalue weighted by Gasteiger charge is -2.12. The number of alkyl halides is 3. The van der Waals surface area contributed by atoms with Crippen molar-refractivity contribution in [3.8, 4) is 0 Å². The van der Waals surface area contributed by atoms with Gasteiger partial charge in [0.1, 0.15) is 0 Å². The Hall–Kier alpha value is -1.81. The number of nitrogens with two attached hydrogens (primary N) is 1. The number of rotatable bonds is 3. The minimum absolute atomic E-state index is 0.0105. The van der Waals surface area contributed by atoms with Crippen molar-refractivity contribution in [2.75, 3.05) is 11.9 Å². The maximum absolute atomic E-state index is 11.9. The van der Waals surface area contributed by atoms with Crippen molar-refractivity contribution in [2.45, 2.75) is 18.0 Å². The van der Waals surface area contributed by atoms with Crippen LogP contribution in [0.25, 0.3) is 0 Å². The third-order valence-electron chi connectivity index (χ3n) is 2.19. The molecule has 0 radical (unpaired) electrons. The minimum atomic E-state index is -4.64. The molecule has 0 aliphatic carbocycles. The van der Waals surface area contributed by atoms with Gasteiger partial charge in [-0.3, -0.25) is 5.32 Å². The Morgan fingerprint density at radius 3 is 2.50 bits per heavy atom. The number of carbonyl (C=O) groups excluding carboxylic acids is 1. The Morgan fingerprint density at radius 2 is 2.00 bits per heavy atom. The van der Waals surface area contributed by atoms with Gasteiger partial charge in [-0.1, -0.05) is 6.07 Å². The van der Waals surface area contributed by atoms with E-state index in [9.17, 15) is 26.4 Å². The molecule has 0 unspecified atom stereocenters. The number of anilines is 1. The monoisotopic (exact) mass is 312 g/mol. The molecule has 1 rings (SSSR count). The highest BCUT2D eigenvalue weighted by Crippen LogP contribution is 2.22. The molecule has 0 aliphatic rings. The van der Waals surface area contributed by atoms with E-state index in [0.717, 1.165) is 0 Å². The third-order valence-corrected chi connectivity index (χ3v) is 3.25. The second kappa shape index (κ2) is 5.67. The predicted molar refractivity (Wildman–Crippen MR) is 63.6 cm³/mol. The highest BCUT2D eigenvalue weighted by molar-refractivity contribution is 7.89. The van der Waals surface area contributed by atoms with Crippen molar-refractivity contribution in [3.05, 3.63) is 23.8 Å². The zero-order chi connectivity index (χ0) is 15.6. The first-order valence-electron chi connectivity index (χ1n) is 5.13. The molecule has 6 nitrogen and oxygen atoms in total. The van der Waals surface area contributed by atoms with E-state index < -0.39 is 28.9 Å². The highest BCUT2D eigenvalue weighted by atomic mass is 32.2. The second-order valence-corrected chi connectivity index (χ2v) is 5.32. The summed E-state index contributed by atoms with van der Waals surface area (Å²) in [4.78, 5) is 10.9. The molecule has 112 valence electrons. The van der Waals surface area contributed by atoms with Gasteiger partial charge in [0.25, 0.3) is 0 Å². The molecule has 1 aromatic carbocycles. The van der Waals surface area contributed by atoms with Crippen LogP contribution in [0.5, 0.6) is 0 Å². The van der Waals surface area contributed by atoms with E-state index in [1.165, 1.54) is 25.1 Å². The van der Waals surface area contributed by atoms with Crippen molar-refractivity contribution in [1.29, 1.82) is 0 Å². The molecule has 0 aliphatic heterocycles. The molecule has 10 heteroatoms. The van der Waals surface area contributed by atoms with E-state index in [0.29, 0.717) is 0 Å². The van der Waals surface area contributed by atoms with Gasteiger partial charge in [-0.15, -0.1) is 0 Å². The number of hydrogen-bond acceptors (Lipinski definition) is 4. The zero-order valence-electron chi connectivity index (χ0n) is 10.2. The Labute approximate surface area is 112 Å². The number of nitrogens with one attached hydrogen (secondary N) is 1. The lowest BCUT2D eigenvalue weighted by Crippen LogP contribution is -2.24. The third kappa shape index (κ3) is 4.70. The van der Waals surface area contributed by atoms with Crippen LogP contribution in [0.2, 0.25) is 0 Å². The molecule has 0 saturated heterocycles. The molecule has 3 N–H and O–H groups in total. The molecule has 1 amide bonds. The highest BCUT2D eigenvalue weighted by Gasteiger charge is 2.29. The van der Waals surface area contributed by atoms with Crippen LogP contribution in [0, 0.1) is 6.92 Å². The van der Waals surface area contributed by atoms with Crippen LogP contribution in [0.15, 0.2) is 23.1 Å². The molecular weight excluding hydrogens is 301 g/mol.